The molecule has 0 spiro atoms. The molecule has 0 aromatic heterocycles. The zero-order valence-corrected chi connectivity index (χ0v) is 9.55. The summed E-state index contributed by atoms with van der Waals surface area (Å²) in [5, 5.41) is 0. The molecule has 1 aliphatic heterocycles. The summed E-state index contributed by atoms with van der Waals surface area (Å²) in [6.07, 6.45) is 4.13. The maximum Gasteiger partial charge on any atom is 0.0105 e. The van der Waals surface area contributed by atoms with Gasteiger partial charge in [-0.25, -0.2) is 0 Å². The number of nitrogens with zero attached hydrogens (tertiary/aromatic N) is 1. The molecule has 0 bridgehead atoms. The first-order valence-electron chi connectivity index (χ1n) is 5.79. The quantitative estimate of drug-likeness (QED) is 0.731. The van der Waals surface area contributed by atoms with Gasteiger partial charge in [0.05, 0.1) is 0 Å². The van der Waals surface area contributed by atoms with E-state index in [4.69, 9.17) is 5.73 Å². The highest BCUT2D eigenvalue weighted by Crippen LogP contribution is 2.19. The van der Waals surface area contributed by atoms with Crippen LogP contribution in [-0.4, -0.2) is 31.1 Å². The minimum absolute atomic E-state index is 0.816. The van der Waals surface area contributed by atoms with E-state index >= 15 is 0 Å². The van der Waals surface area contributed by atoms with Gasteiger partial charge in [0, 0.05) is 13.1 Å². The first kappa shape index (κ1) is 12.9. The van der Waals surface area contributed by atoms with Crippen LogP contribution in [-0.2, 0) is 0 Å². The standard InChI is InChI=1S/C9H20N2.C2H6/c1-2-9-3-6-11(7-4-9)8-5-10;1-2/h9H,2-8,10H2,1H3;1-2H3. The fourth-order valence-corrected chi connectivity index (χ4v) is 1.80. The second kappa shape index (κ2) is 8.52. The number of piperidine rings is 1. The summed E-state index contributed by atoms with van der Waals surface area (Å²) < 4.78 is 0. The van der Waals surface area contributed by atoms with Crippen molar-refractivity contribution in [2.45, 2.75) is 40.0 Å². The summed E-state index contributed by atoms with van der Waals surface area (Å²) in [7, 11) is 0. The second-order valence-corrected chi connectivity index (χ2v) is 3.48. The van der Waals surface area contributed by atoms with E-state index in [1.807, 2.05) is 13.8 Å². The molecule has 0 aromatic carbocycles. The average molecular weight is 186 g/mol. The number of hydrogen-bond acceptors (Lipinski definition) is 2. The van der Waals surface area contributed by atoms with Gasteiger partial charge in [-0.05, 0) is 31.8 Å². The molecule has 2 nitrogen and oxygen atoms in total. The summed E-state index contributed by atoms with van der Waals surface area (Å²) in [5.41, 5.74) is 5.48. The molecule has 0 aromatic rings. The molecule has 2 heteroatoms. The zero-order valence-electron chi connectivity index (χ0n) is 9.55. The Hall–Kier alpha value is -0.0800. The van der Waals surface area contributed by atoms with E-state index in [0.717, 1.165) is 19.0 Å². The Morgan fingerprint density at radius 2 is 1.77 bits per heavy atom. The van der Waals surface area contributed by atoms with E-state index in [2.05, 4.69) is 11.8 Å². The van der Waals surface area contributed by atoms with Crippen LogP contribution in [0.1, 0.15) is 40.0 Å². The number of likely N-dealkylation sites (tertiary alicyclic amines) is 1. The number of nitrogens with two attached hydrogens (primary N) is 1. The molecular formula is C11H26N2. The minimum Gasteiger partial charge on any atom is -0.329 e. The highest BCUT2D eigenvalue weighted by atomic mass is 15.1. The normalized spacial score (nSPS) is 19.4. The van der Waals surface area contributed by atoms with Crippen molar-refractivity contribution in [2.75, 3.05) is 26.2 Å². The van der Waals surface area contributed by atoms with Gasteiger partial charge in [-0.3, -0.25) is 0 Å². The highest BCUT2D eigenvalue weighted by molar-refractivity contribution is 4.70. The van der Waals surface area contributed by atoms with Crippen molar-refractivity contribution >= 4 is 0 Å². The van der Waals surface area contributed by atoms with Crippen LogP contribution < -0.4 is 5.73 Å². The Labute approximate surface area is 83.5 Å². The van der Waals surface area contributed by atoms with Gasteiger partial charge in [0.15, 0.2) is 0 Å². The Morgan fingerprint density at radius 3 is 2.15 bits per heavy atom. The van der Waals surface area contributed by atoms with Gasteiger partial charge in [-0.1, -0.05) is 27.2 Å². The van der Waals surface area contributed by atoms with Gasteiger partial charge in [0.25, 0.3) is 0 Å². The molecule has 13 heavy (non-hydrogen) atoms. The second-order valence-electron chi connectivity index (χ2n) is 3.48. The van der Waals surface area contributed by atoms with Crippen LogP contribution in [0.25, 0.3) is 0 Å². The summed E-state index contributed by atoms with van der Waals surface area (Å²) in [5.74, 6) is 0.990. The molecule has 1 rings (SSSR count). The number of rotatable bonds is 3. The third-order valence-electron chi connectivity index (χ3n) is 2.73. The van der Waals surface area contributed by atoms with Gasteiger partial charge < -0.3 is 10.6 Å². The van der Waals surface area contributed by atoms with Crippen molar-refractivity contribution in [2.24, 2.45) is 11.7 Å². The molecule has 0 radical (unpaired) electrons. The lowest BCUT2D eigenvalue weighted by atomic mass is 9.94. The van der Waals surface area contributed by atoms with Crippen molar-refractivity contribution < 1.29 is 0 Å². The van der Waals surface area contributed by atoms with E-state index in [-0.39, 0.29) is 0 Å². The molecule has 2 N–H and O–H groups in total. The highest BCUT2D eigenvalue weighted by Gasteiger charge is 2.16. The van der Waals surface area contributed by atoms with E-state index in [0.29, 0.717) is 0 Å². The largest absolute Gasteiger partial charge is 0.329 e. The first-order chi connectivity index (χ1) is 6.36. The third-order valence-corrected chi connectivity index (χ3v) is 2.73. The molecule has 1 fully saturated rings. The fraction of sp³-hybridized carbons (Fsp3) is 1.00. The topological polar surface area (TPSA) is 29.3 Å². The van der Waals surface area contributed by atoms with Gasteiger partial charge in [-0.2, -0.15) is 0 Å². The number of hydrogen-bond donors (Lipinski definition) is 1. The summed E-state index contributed by atoms with van der Waals surface area (Å²) in [4.78, 5) is 2.48. The van der Waals surface area contributed by atoms with Crippen LogP contribution in [0.4, 0.5) is 0 Å². The maximum atomic E-state index is 5.48. The molecule has 80 valence electrons. The average Bonchev–Trinajstić information content (AvgIpc) is 2.23. The smallest absolute Gasteiger partial charge is 0.0105 e. The fourth-order valence-electron chi connectivity index (χ4n) is 1.80. The minimum atomic E-state index is 0.816. The molecular weight excluding hydrogens is 160 g/mol. The first-order valence-corrected chi connectivity index (χ1v) is 5.79. The van der Waals surface area contributed by atoms with E-state index < -0.39 is 0 Å². The van der Waals surface area contributed by atoms with Crippen molar-refractivity contribution in [3.63, 3.8) is 0 Å². The lowest BCUT2D eigenvalue weighted by Gasteiger charge is -2.30. The third kappa shape index (κ3) is 5.27. The molecule has 0 atom stereocenters. The Morgan fingerprint density at radius 1 is 1.23 bits per heavy atom. The zero-order chi connectivity index (χ0) is 10.1. The van der Waals surface area contributed by atoms with Gasteiger partial charge >= 0.3 is 0 Å². The van der Waals surface area contributed by atoms with Crippen LogP contribution in [0, 0.1) is 5.92 Å². The summed E-state index contributed by atoms with van der Waals surface area (Å²) in [6, 6.07) is 0. The monoisotopic (exact) mass is 186 g/mol. The molecule has 0 aliphatic carbocycles. The molecule has 0 unspecified atom stereocenters. The van der Waals surface area contributed by atoms with Crippen LogP contribution in [0.2, 0.25) is 0 Å². The summed E-state index contributed by atoms with van der Waals surface area (Å²) >= 11 is 0. The molecule has 0 saturated carbocycles. The lowest BCUT2D eigenvalue weighted by Crippen LogP contribution is -2.36. The van der Waals surface area contributed by atoms with Crippen molar-refractivity contribution in [3.05, 3.63) is 0 Å². The van der Waals surface area contributed by atoms with Crippen LogP contribution in [0.5, 0.6) is 0 Å². The van der Waals surface area contributed by atoms with Crippen molar-refractivity contribution in [3.8, 4) is 0 Å². The Bertz CT molecular complexity index is 96.3. The van der Waals surface area contributed by atoms with Gasteiger partial charge in [-0.15, -0.1) is 0 Å². The van der Waals surface area contributed by atoms with E-state index in [1.54, 1.807) is 0 Å². The molecule has 1 saturated heterocycles. The van der Waals surface area contributed by atoms with Crippen LogP contribution in [0.3, 0.4) is 0 Å². The Balaban J connectivity index is 0.000000671. The van der Waals surface area contributed by atoms with Crippen molar-refractivity contribution in [1.82, 2.24) is 4.90 Å². The van der Waals surface area contributed by atoms with Crippen molar-refractivity contribution in [1.29, 1.82) is 0 Å². The summed E-state index contributed by atoms with van der Waals surface area (Å²) in [6.45, 7) is 10.8. The lowest BCUT2D eigenvalue weighted by molar-refractivity contribution is 0.186. The van der Waals surface area contributed by atoms with Gasteiger partial charge in [0.2, 0.25) is 0 Å². The SMILES string of the molecule is CC.CCC1CCN(CCN)CC1. The van der Waals surface area contributed by atoms with Crippen LogP contribution in [0.15, 0.2) is 0 Å². The van der Waals surface area contributed by atoms with E-state index in [1.165, 1.54) is 32.4 Å². The maximum absolute atomic E-state index is 5.48. The molecule has 1 heterocycles. The Kier molecular flexibility index (Phi) is 8.46. The predicted octanol–water partition coefficient (Wildman–Crippen LogP) is 2.09. The predicted molar refractivity (Wildman–Crippen MR) is 59.9 cm³/mol. The molecule has 0 amide bonds. The van der Waals surface area contributed by atoms with Crippen LogP contribution >= 0.6 is 0 Å². The molecule has 1 aliphatic rings. The van der Waals surface area contributed by atoms with Gasteiger partial charge in [0.1, 0.15) is 0 Å². The van der Waals surface area contributed by atoms with E-state index in [9.17, 15) is 0 Å².